The molecular formula is C18H17N5O2. The third-order valence-electron chi connectivity index (χ3n) is 3.80. The van der Waals surface area contributed by atoms with Gasteiger partial charge in [-0.2, -0.15) is 0 Å². The molecule has 1 heterocycles. The summed E-state index contributed by atoms with van der Waals surface area (Å²) in [6, 6.07) is 15.0. The standard InChI is InChI=1S/C18H17N5O2/c1-12-7-3-5-9-14(12)21-17-16(23(24)25)18(20-11-19-17)22-15-10-6-4-8-13(15)2/h3-11H,1-2H3,(H2,19,20,21,22). The minimum atomic E-state index is -0.485. The van der Waals surface area contributed by atoms with Gasteiger partial charge in [-0.15, -0.1) is 0 Å². The van der Waals surface area contributed by atoms with Crippen LogP contribution in [0.5, 0.6) is 0 Å². The van der Waals surface area contributed by atoms with Gasteiger partial charge in [0, 0.05) is 11.4 Å². The minimum Gasteiger partial charge on any atom is -0.334 e. The number of aromatic nitrogens is 2. The Morgan fingerprint density at radius 1 is 0.840 bits per heavy atom. The smallest absolute Gasteiger partial charge is 0.334 e. The van der Waals surface area contributed by atoms with E-state index >= 15 is 0 Å². The van der Waals surface area contributed by atoms with Crippen molar-refractivity contribution < 1.29 is 4.92 Å². The van der Waals surface area contributed by atoms with Crippen LogP contribution in [0.2, 0.25) is 0 Å². The van der Waals surface area contributed by atoms with Crippen LogP contribution in [0.1, 0.15) is 11.1 Å². The molecule has 0 aliphatic carbocycles. The topological polar surface area (TPSA) is 93.0 Å². The van der Waals surface area contributed by atoms with Crippen molar-refractivity contribution in [2.24, 2.45) is 0 Å². The Balaban J connectivity index is 2.02. The average molecular weight is 335 g/mol. The molecule has 0 spiro atoms. The van der Waals surface area contributed by atoms with Crippen LogP contribution < -0.4 is 10.6 Å². The number of benzene rings is 2. The highest BCUT2D eigenvalue weighted by Crippen LogP contribution is 2.34. The van der Waals surface area contributed by atoms with Gasteiger partial charge < -0.3 is 10.6 Å². The molecule has 7 heteroatoms. The van der Waals surface area contributed by atoms with Crippen LogP contribution in [0, 0.1) is 24.0 Å². The predicted octanol–water partition coefficient (Wildman–Crippen LogP) is 4.49. The van der Waals surface area contributed by atoms with E-state index in [4.69, 9.17) is 0 Å². The number of para-hydroxylation sites is 2. The molecule has 0 aliphatic heterocycles. The second-order valence-electron chi connectivity index (χ2n) is 5.56. The second-order valence-corrected chi connectivity index (χ2v) is 5.56. The molecule has 0 unspecified atom stereocenters. The first-order valence-electron chi connectivity index (χ1n) is 7.71. The van der Waals surface area contributed by atoms with E-state index in [0.29, 0.717) is 0 Å². The molecule has 3 rings (SSSR count). The summed E-state index contributed by atoms with van der Waals surface area (Å²) >= 11 is 0. The van der Waals surface area contributed by atoms with Gasteiger partial charge in [0.05, 0.1) is 4.92 Å². The van der Waals surface area contributed by atoms with Gasteiger partial charge in [0.25, 0.3) is 0 Å². The molecule has 3 aromatic rings. The lowest BCUT2D eigenvalue weighted by atomic mass is 10.2. The van der Waals surface area contributed by atoms with Gasteiger partial charge in [-0.1, -0.05) is 36.4 Å². The minimum absolute atomic E-state index is 0.144. The van der Waals surface area contributed by atoms with Gasteiger partial charge in [-0.25, -0.2) is 9.97 Å². The Labute approximate surface area is 144 Å². The third kappa shape index (κ3) is 3.55. The third-order valence-corrected chi connectivity index (χ3v) is 3.80. The van der Waals surface area contributed by atoms with Crippen molar-refractivity contribution in [3.63, 3.8) is 0 Å². The molecule has 1 aromatic heterocycles. The maximum atomic E-state index is 11.6. The molecule has 0 radical (unpaired) electrons. The van der Waals surface area contributed by atoms with Crippen LogP contribution in [0.25, 0.3) is 0 Å². The number of hydrogen-bond donors (Lipinski definition) is 2. The van der Waals surface area contributed by atoms with Crippen molar-refractivity contribution >= 4 is 28.7 Å². The Hall–Kier alpha value is -3.48. The van der Waals surface area contributed by atoms with Crippen molar-refractivity contribution in [3.05, 3.63) is 76.1 Å². The fourth-order valence-corrected chi connectivity index (χ4v) is 2.42. The summed E-state index contributed by atoms with van der Waals surface area (Å²) in [5, 5.41) is 17.7. The predicted molar refractivity (Wildman–Crippen MR) is 97.6 cm³/mol. The number of anilines is 4. The lowest BCUT2D eigenvalue weighted by Crippen LogP contribution is -2.06. The molecule has 0 amide bonds. The van der Waals surface area contributed by atoms with Crippen LogP contribution in [-0.2, 0) is 0 Å². The first-order chi connectivity index (χ1) is 12.1. The number of hydrogen-bond acceptors (Lipinski definition) is 6. The zero-order valence-corrected chi connectivity index (χ0v) is 13.9. The zero-order valence-electron chi connectivity index (χ0n) is 13.9. The molecule has 0 fully saturated rings. The SMILES string of the molecule is Cc1ccccc1Nc1ncnc(Nc2ccccc2C)c1[N+](=O)[O-]. The molecule has 126 valence electrons. The first kappa shape index (κ1) is 16.4. The molecule has 2 aromatic carbocycles. The Bertz CT molecular complexity index is 861. The van der Waals surface area contributed by atoms with Gasteiger partial charge in [0.1, 0.15) is 6.33 Å². The molecule has 0 bridgehead atoms. The van der Waals surface area contributed by atoms with Gasteiger partial charge in [-0.3, -0.25) is 10.1 Å². The highest BCUT2D eigenvalue weighted by atomic mass is 16.6. The summed E-state index contributed by atoms with van der Waals surface area (Å²) in [6.45, 7) is 3.84. The van der Waals surface area contributed by atoms with Crippen LogP contribution in [0.15, 0.2) is 54.9 Å². The molecule has 7 nitrogen and oxygen atoms in total. The molecular weight excluding hydrogens is 318 g/mol. The molecule has 0 saturated carbocycles. The van der Waals surface area contributed by atoms with Crippen molar-refractivity contribution in [1.82, 2.24) is 9.97 Å². The van der Waals surface area contributed by atoms with Crippen LogP contribution >= 0.6 is 0 Å². The van der Waals surface area contributed by atoms with E-state index in [1.54, 1.807) is 0 Å². The van der Waals surface area contributed by atoms with Gasteiger partial charge in [-0.05, 0) is 37.1 Å². The van der Waals surface area contributed by atoms with E-state index in [1.165, 1.54) is 6.33 Å². The first-order valence-corrected chi connectivity index (χ1v) is 7.71. The maximum Gasteiger partial charge on any atom is 0.353 e. The Morgan fingerprint density at radius 3 is 1.68 bits per heavy atom. The van der Waals surface area contributed by atoms with E-state index in [9.17, 15) is 10.1 Å². The lowest BCUT2D eigenvalue weighted by Gasteiger charge is -2.12. The summed E-state index contributed by atoms with van der Waals surface area (Å²) in [5.74, 6) is 0.288. The fourth-order valence-electron chi connectivity index (χ4n) is 2.42. The summed E-state index contributed by atoms with van der Waals surface area (Å²) in [6.07, 6.45) is 1.30. The lowest BCUT2D eigenvalue weighted by molar-refractivity contribution is -0.383. The van der Waals surface area contributed by atoms with E-state index in [-0.39, 0.29) is 17.3 Å². The number of nitrogens with zero attached hydrogens (tertiary/aromatic N) is 3. The molecule has 25 heavy (non-hydrogen) atoms. The van der Waals surface area contributed by atoms with Gasteiger partial charge in [0.15, 0.2) is 0 Å². The number of nitrogens with one attached hydrogen (secondary N) is 2. The van der Waals surface area contributed by atoms with Crippen molar-refractivity contribution in [2.75, 3.05) is 10.6 Å². The highest BCUT2D eigenvalue weighted by Gasteiger charge is 2.23. The molecule has 0 saturated heterocycles. The van der Waals surface area contributed by atoms with Crippen LogP contribution in [0.4, 0.5) is 28.7 Å². The number of rotatable bonds is 5. The molecule has 0 atom stereocenters. The second kappa shape index (κ2) is 6.96. The fraction of sp³-hybridized carbons (Fsp3) is 0.111. The van der Waals surface area contributed by atoms with Crippen LogP contribution in [-0.4, -0.2) is 14.9 Å². The normalized spacial score (nSPS) is 10.3. The van der Waals surface area contributed by atoms with Crippen molar-refractivity contribution in [2.45, 2.75) is 13.8 Å². The van der Waals surface area contributed by atoms with Gasteiger partial charge in [0.2, 0.25) is 11.6 Å². The Morgan fingerprint density at radius 2 is 1.28 bits per heavy atom. The van der Waals surface area contributed by atoms with Crippen molar-refractivity contribution in [3.8, 4) is 0 Å². The van der Waals surface area contributed by atoms with E-state index in [2.05, 4.69) is 20.6 Å². The summed E-state index contributed by atoms with van der Waals surface area (Å²) in [7, 11) is 0. The summed E-state index contributed by atoms with van der Waals surface area (Å²) in [4.78, 5) is 19.3. The monoisotopic (exact) mass is 335 g/mol. The number of aryl methyl sites for hydroxylation is 2. The van der Waals surface area contributed by atoms with Crippen molar-refractivity contribution in [1.29, 1.82) is 0 Å². The highest BCUT2D eigenvalue weighted by molar-refractivity contribution is 5.77. The van der Waals surface area contributed by atoms with E-state index in [1.807, 2.05) is 62.4 Å². The van der Waals surface area contributed by atoms with Gasteiger partial charge >= 0.3 is 5.69 Å². The molecule has 0 aliphatic rings. The maximum absolute atomic E-state index is 11.6. The summed E-state index contributed by atoms with van der Waals surface area (Å²) < 4.78 is 0. The van der Waals surface area contributed by atoms with E-state index < -0.39 is 4.92 Å². The van der Waals surface area contributed by atoms with Crippen LogP contribution in [0.3, 0.4) is 0 Å². The molecule has 2 N–H and O–H groups in total. The Kier molecular flexibility index (Phi) is 4.56. The quantitative estimate of drug-likeness (QED) is 0.527. The largest absolute Gasteiger partial charge is 0.353 e. The zero-order chi connectivity index (χ0) is 17.8. The number of nitro groups is 1. The summed E-state index contributed by atoms with van der Waals surface area (Å²) in [5.41, 5.74) is 3.24. The van der Waals surface area contributed by atoms with E-state index in [0.717, 1.165) is 22.5 Å². The average Bonchev–Trinajstić information content (AvgIpc) is 2.59.